The predicted molar refractivity (Wildman–Crippen MR) is 114 cm³/mol. The van der Waals surface area contributed by atoms with E-state index >= 15 is 0 Å². The lowest BCUT2D eigenvalue weighted by molar-refractivity contribution is -0.116. The van der Waals surface area contributed by atoms with Crippen LogP contribution in [0, 0.1) is 0 Å². The van der Waals surface area contributed by atoms with Gasteiger partial charge in [0.2, 0.25) is 11.0 Å². The Morgan fingerprint density at radius 2 is 1.97 bits per heavy atom. The highest BCUT2D eigenvalue weighted by Crippen LogP contribution is 2.39. The van der Waals surface area contributed by atoms with Crippen molar-refractivity contribution in [3.63, 3.8) is 0 Å². The zero-order chi connectivity index (χ0) is 20.0. The number of para-hydroxylation sites is 1. The molecule has 0 saturated carbocycles. The van der Waals surface area contributed by atoms with Crippen molar-refractivity contribution in [2.24, 2.45) is 0 Å². The number of fused-ring (bicyclic) bond motifs is 2. The number of ether oxygens (including phenoxy) is 1. The molecule has 3 heterocycles. The third-order valence-corrected chi connectivity index (χ3v) is 5.95. The van der Waals surface area contributed by atoms with Crippen molar-refractivity contribution < 1.29 is 9.53 Å². The first-order chi connectivity index (χ1) is 14.1. The highest BCUT2D eigenvalue weighted by molar-refractivity contribution is 7.20. The smallest absolute Gasteiger partial charge is 0.226 e. The van der Waals surface area contributed by atoms with E-state index in [9.17, 15) is 4.79 Å². The van der Waals surface area contributed by atoms with Gasteiger partial charge >= 0.3 is 0 Å². The molecular formula is C22H20N4O2S. The minimum atomic E-state index is -0.0463. The number of nitrogens with zero attached hydrogens (tertiary/aromatic N) is 3. The Kier molecular flexibility index (Phi) is 4.32. The summed E-state index contributed by atoms with van der Waals surface area (Å²) in [5.41, 5.74) is 3.00. The molecule has 29 heavy (non-hydrogen) atoms. The van der Waals surface area contributed by atoms with E-state index in [1.54, 1.807) is 16.0 Å². The highest BCUT2D eigenvalue weighted by atomic mass is 32.1. The van der Waals surface area contributed by atoms with Crippen LogP contribution in [0.2, 0.25) is 0 Å². The molecule has 0 radical (unpaired) electrons. The molecule has 1 aliphatic heterocycles. The molecule has 1 N–H and O–H groups in total. The van der Waals surface area contributed by atoms with Gasteiger partial charge in [-0.05, 0) is 43.7 Å². The van der Waals surface area contributed by atoms with Crippen LogP contribution in [0.4, 0.5) is 5.82 Å². The van der Waals surface area contributed by atoms with E-state index in [4.69, 9.17) is 4.74 Å². The molecule has 1 unspecified atom stereocenters. The summed E-state index contributed by atoms with van der Waals surface area (Å²) in [6.45, 7) is 4.00. The normalized spacial score (nSPS) is 16.1. The molecule has 1 aliphatic rings. The molecule has 1 atom stereocenters. The van der Waals surface area contributed by atoms with E-state index in [1.165, 1.54) is 0 Å². The van der Waals surface area contributed by atoms with E-state index in [2.05, 4.69) is 15.4 Å². The molecule has 4 aromatic rings. The monoisotopic (exact) mass is 404 g/mol. The number of hydrogen-bond acceptors (Lipinski definition) is 5. The van der Waals surface area contributed by atoms with Gasteiger partial charge in [0.1, 0.15) is 11.6 Å². The Labute approximate surface area is 172 Å². The number of aromatic nitrogens is 3. The number of anilines is 1. The number of thiazole rings is 1. The van der Waals surface area contributed by atoms with Crippen molar-refractivity contribution in [3.8, 4) is 10.9 Å². The van der Waals surface area contributed by atoms with Crippen LogP contribution < -0.4 is 10.1 Å². The lowest BCUT2D eigenvalue weighted by atomic mass is 9.87. The van der Waals surface area contributed by atoms with Gasteiger partial charge in [0.15, 0.2) is 0 Å². The number of amides is 1. The summed E-state index contributed by atoms with van der Waals surface area (Å²) in [5.74, 6) is 1.46. The van der Waals surface area contributed by atoms with Gasteiger partial charge in [-0.1, -0.05) is 35.6 Å². The standard InChI is InChI=1S/C22H20N4O2S/c1-13(2)28-15-9-7-14(8-10-15)16-11-20(27)25-21-17(16)12-23-26(21)22-24-18-5-3-4-6-19(18)29-22/h3-10,12-13,16H,11H2,1-2H3,(H,25,27). The van der Waals surface area contributed by atoms with Crippen LogP contribution in [-0.4, -0.2) is 26.8 Å². The van der Waals surface area contributed by atoms with Crippen LogP contribution in [0.3, 0.4) is 0 Å². The van der Waals surface area contributed by atoms with Gasteiger partial charge in [-0.3, -0.25) is 4.79 Å². The second-order valence-corrected chi connectivity index (χ2v) is 8.37. The molecule has 6 nitrogen and oxygen atoms in total. The van der Waals surface area contributed by atoms with Crippen molar-refractivity contribution in [1.82, 2.24) is 14.8 Å². The number of benzene rings is 2. The molecule has 0 aliphatic carbocycles. The fourth-order valence-electron chi connectivity index (χ4n) is 3.66. The number of carbonyl (C=O) groups excluding carboxylic acids is 1. The Morgan fingerprint density at radius 3 is 2.72 bits per heavy atom. The summed E-state index contributed by atoms with van der Waals surface area (Å²) >= 11 is 1.56. The number of rotatable bonds is 4. The van der Waals surface area contributed by atoms with E-state index in [1.807, 2.05) is 68.6 Å². The number of nitrogens with one attached hydrogen (secondary N) is 1. The quantitative estimate of drug-likeness (QED) is 0.533. The Hall–Kier alpha value is -3.19. The third kappa shape index (κ3) is 3.27. The molecule has 1 amide bonds. The van der Waals surface area contributed by atoms with E-state index in [0.717, 1.165) is 32.2 Å². The average molecular weight is 404 g/mol. The molecule has 0 spiro atoms. The third-order valence-electron chi connectivity index (χ3n) is 4.94. The highest BCUT2D eigenvalue weighted by Gasteiger charge is 2.31. The van der Waals surface area contributed by atoms with E-state index in [0.29, 0.717) is 12.2 Å². The second kappa shape index (κ2) is 7.00. The zero-order valence-corrected chi connectivity index (χ0v) is 16.9. The van der Waals surface area contributed by atoms with Crippen LogP contribution in [0.15, 0.2) is 54.7 Å². The Balaban J connectivity index is 1.53. The van der Waals surface area contributed by atoms with Crippen molar-refractivity contribution in [2.45, 2.75) is 32.3 Å². The molecule has 146 valence electrons. The van der Waals surface area contributed by atoms with Gasteiger partial charge in [-0.25, -0.2) is 4.98 Å². The van der Waals surface area contributed by atoms with Crippen molar-refractivity contribution in [1.29, 1.82) is 0 Å². The maximum Gasteiger partial charge on any atom is 0.226 e. The van der Waals surface area contributed by atoms with Gasteiger partial charge in [-0.2, -0.15) is 9.78 Å². The maximum atomic E-state index is 12.5. The van der Waals surface area contributed by atoms with Crippen molar-refractivity contribution in [3.05, 3.63) is 65.9 Å². The fraction of sp³-hybridized carbons (Fsp3) is 0.227. The molecule has 7 heteroatoms. The summed E-state index contributed by atoms with van der Waals surface area (Å²) in [7, 11) is 0. The molecular weight excluding hydrogens is 384 g/mol. The molecule has 5 rings (SSSR count). The predicted octanol–water partition coefficient (Wildman–Crippen LogP) is 4.74. The topological polar surface area (TPSA) is 69.0 Å². The molecule has 0 fully saturated rings. The number of carbonyl (C=O) groups is 1. The zero-order valence-electron chi connectivity index (χ0n) is 16.1. The van der Waals surface area contributed by atoms with Crippen LogP contribution in [0.25, 0.3) is 15.3 Å². The summed E-state index contributed by atoms with van der Waals surface area (Å²) in [6, 6.07) is 15.9. The Morgan fingerprint density at radius 1 is 1.17 bits per heavy atom. The van der Waals surface area contributed by atoms with Crippen molar-refractivity contribution in [2.75, 3.05) is 5.32 Å². The SMILES string of the molecule is CC(C)Oc1ccc(C2CC(=O)Nc3c2cnn3-c2nc3ccccc3s2)cc1. The number of hydrogen-bond donors (Lipinski definition) is 1. The minimum absolute atomic E-state index is 0.0205. The van der Waals surface area contributed by atoms with Crippen LogP contribution in [0.1, 0.15) is 37.3 Å². The van der Waals surface area contributed by atoms with Gasteiger partial charge in [0, 0.05) is 17.9 Å². The summed E-state index contributed by atoms with van der Waals surface area (Å²) in [4.78, 5) is 17.2. The average Bonchev–Trinajstić information content (AvgIpc) is 3.31. The van der Waals surface area contributed by atoms with E-state index < -0.39 is 0 Å². The lowest BCUT2D eigenvalue weighted by Crippen LogP contribution is -2.24. The molecule has 2 aromatic carbocycles. The first kappa shape index (κ1) is 17.9. The van der Waals surface area contributed by atoms with Crippen LogP contribution in [-0.2, 0) is 4.79 Å². The van der Waals surface area contributed by atoms with Gasteiger partial charge < -0.3 is 10.1 Å². The van der Waals surface area contributed by atoms with E-state index in [-0.39, 0.29) is 17.9 Å². The minimum Gasteiger partial charge on any atom is -0.491 e. The largest absolute Gasteiger partial charge is 0.491 e. The van der Waals surface area contributed by atoms with Gasteiger partial charge in [0.25, 0.3) is 0 Å². The van der Waals surface area contributed by atoms with Crippen LogP contribution >= 0.6 is 11.3 Å². The summed E-state index contributed by atoms with van der Waals surface area (Å²) in [6.07, 6.45) is 2.35. The molecule has 0 bridgehead atoms. The van der Waals surface area contributed by atoms with Gasteiger partial charge in [0.05, 0.1) is 22.5 Å². The fourth-order valence-corrected chi connectivity index (χ4v) is 4.59. The summed E-state index contributed by atoms with van der Waals surface area (Å²) < 4.78 is 8.56. The lowest BCUT2D eigenvalue weighted by Gasteiger charge is -2.23. The molecule has 0 saturated heterocycles. The van der Waals surface area contributed by atoms with Crippen LogP contribution in [0.5, 0.6) is 5.75 Å². The van der Waals surface area contributed by atoms with Gasteiger partial charge in [-0.15, -0.1) is 0 Å². The van der Waals surface area contributed by atoms with Crippen molar-refractivity contribution >= 4 is 33.3 Å². The first-order valence-electron chi connectivity index (χ1n) is 9.59. The second-order valence-electron chi connectivity index (χ2n) is 7.37. The maximum absolute atomic E-state index is 12.5. The first-order valence-corrected chi connectivity index (χ1v) is 10.4. The Bertz CT molecular complexity index is 1160. The summed E-state index contributed by atoms with van der Waals surface area (Å²) in [5, 5.41) is 8.29. The molecule has 2 aromatic heterocycles.